The van der Waals surface area contributed by atoms with Crippen molar-refractivity contribution in [1.82, 2.24) is 5.32 Å². The van der Waals surface area contributed by atoms with Crippen molar-refractivity contribution >= 4 is 35.0 Å². The largest absolute Gasteiger partial charge is 0.478 e. The van der Waals surface area contributed by atoms with Crippen molar-refractivity contribution in [2.24, 2.45) is 0 Å². The number of rotatable bonds is 2. The molecule has 0 saturated carbocycles. The van der Waals surface area contributed by atoms with Gasteiger partial charge in [-0.25, -0.2) is 9.59 Å². The second-order valence-electron chi connectivity index (χ2n) is 2.98. The zero-order valence-electron chi connectivity index (χ0n) is 7.32. The van der Waals surface area contributed by atoms with Crippen molar-refractivity contribution in [3.63, 3.8) is 0 Å². The van der Waals surface area contributed by atoms with Crippen LogP contribution >= 0.6 is 22.9 Å². The first kappa shape index (κ1) is 10.3. The second-order valence-corrected chi connectivity index (χ2v) is 4.69. The number of alkyl carbamates (subject to hydrolysis) is 1. The molecule has 1 aliphatic heterocycles. The van der Waals surface area contributed by atoms with Crippen LogP contribution in [0.2, 0.25) is 4.34 Å². The summed E-state index contributed by atoms with van der Waals surface area (Å²) in [7, 11) is 0. The lowest BCUT2D eigenvalue weighted by atomic mass is 10.0. The highest BCUT2D eigenvalue weighted by molar-refractivity contribution is 7.16. The van der Waals surface area contributed by atoms with Crippen LogP contribution in [0.5, 0.6) is 0 Å². The summed E-state index contributed by atoms with van der Waals surface area (Å²) in [5.41, 5.74) is -1.63. The Labute approximate surface area is 93.6 Å². The van der Waals surface area contributed by atoms with E-state index >= 15 is 0 Å². The standard InChI is InChI=1S/C8H6ClNO4S/c9-5-2-1-4(15-5)8(6(11)12)3-10-7(13)14-8/h1-2H,3H2,(H,10,13)(H,11,12). The molecule has 1 atom stereocenters. The number of carboxylic acid groups (broad SMARTS) is 1. The molecule has 5 nitrogen and oxygen atoms in total. The molecular weight excluding hydrogens is 242 g/mol. The topological polar surface area (TPSA) is 75.6 Å². The molecule has 2 N–H and O–H groups in total. The SMILES string of the molecule is O=C1NCC(C(=O)O)(c2ccc(Cl)s2)O1. The summed E-state index contributed by atoms with van der Waals surface area (Å²) in [5, 5.41) is 11.4. The molecule has 1 amide bonds. The Hall–Kier alpha value is -1.27. The average molecular weight is 248 g/mol. The number of carboxylic acids is 1. The van der Waals surface area contributed by atoms with Gasteiger partial charge in [0.2, 0.25) is 0 Å². The normalized spacial score (nSPS) is 24.7. The first-order valence-corrected chi connectivity index (χ1v) is 5.20. The molecule has 80 valence electrons. The smallest absolute Gasteiger partial charge is 0.408 e. The summed E-state index contributed by atoms with van der Waals surface area (Å²) in [6.45, 7) is -0.0853. The molecule has 0 aliphatic carbocycles. The van der Waals surface area contributed by atoms with E-state index < -0.39 is 17.7 Å². The number of hydrogen-bond donors (Lipinski definition) is 2. The van der Waals surface area contributed by atoms with Gasteiger partial charge in [0.15, 0.2) is 0 Å². The molecule has 2 heterocycles. The van der Waals surface area contributed by atoms with Crippen molar-refractivity contribution < 1.29 is 19.4 Å². The minimum atomic E-state index is -1.63. The first-order chi connectivity index (χ1) is 7.04. The van der Waals surface area contributed by atoms with Gasteiger partial charge in [0.1, 0.15) is 0 Å². The predicted molar refractivity (Wildman–Crippen MR) is 53.1 cm³/mol. The Kier molecular flexibility index (Phi) is 2.32. The summed E-state index contributed by atoms with van der Waals surface area (Å²) in [6, 6.07) is 3.11. The first-order valence-electron chi connectivity index (χ1n) is 4.01. The molecule has 0 bridgehead atoms. The average Bonchev–Trinajstić information content (AvgIpc) is 2.72. The van der Waals surface area contributed by atoms with Crippen LogP contribution in [-0.4, -0.2) is 23.7 Å². The maximum absolute atomic E-state index is 11.1. The fourth-order valence-electron chi connectivity index (χ4n) is 1.32. The van der Waals surface area contributed by atoms with E-state index in [1.54, 1.807) is 12.1 Å². The van der Waals surface area contributed by atoms with E-state index in [0.717, 1.165) is 11.3 Å². The molecule has 15 heavy (non-hydrogen) atoms. The van der Waals surface area contributed by atoms with Crippen LogP contribution in [0.4, 0.5) is 4.79 Å². The summed E-state index contributed by atoms with van der Waals surface area (Å²) >= 11 is 6.79. The fraction of sp³-hybridized carbons (Fsp3) is 0.250. The van der Waals surface area contributed by atoms with Crippen LogP contribution in [0.3, 0.4) is 0 Å². The zero-order chi connectivity index (χ0) is 11.1. The van der Waals surface area contributed by atoms with Gasteiger partial charge in [0, 0.05) is 0 Å². The van der Waals surface area contributed by atoms with Gasteiger partial charge >= 0.3 is 12.1 Å². The Bertz CT molecular complexity index is 432. The van der Waals surface area contributed by atoms with Crippen LogP contribution in [0.15, 0.2) is 12.1 Å². The van der Waals surface area contributed by atoms with Crippen molar-refractivity contribution in [3.05, 3.63) is 21.3 Å². The van der Waals surface area contributed by atoms with Crippen LogP contribution in [0.25, 0.3) is 0 Å². The summed E-state index contributed by atoms with van der Waals surface area (Å²) < 4.78 is 5.26. The quantitative estimate of drug-likeness (QED) is 0.829. The van der Waals surface area contributed by atoms with Crippen molar-refractivity contribution in [2.75, 3.05) is 6.54 Å². The number of amides is 1. The highest BCUT2D eigenvalue weighted by Gasteiger charge is 2.50. The molecule has 7 heteroatoms. The molecule has 0 spiro atoms. The van der Waals surface area contributed by atoms with Gasteiger partial charge in [-0.1, -0.05) is 11.6 Å². The molecule has 1 aromatic rings. The summed E-state index contributed by atoms with van der Waals surface area (Å²) in [5.74, 6) is -1.21. The van der Waals surface area contributed by atoms with E-state index in [1.165, 1.54) is 0 Å². The van der Waals surface area contributed by atoms with Crippen LogP contribution in [-0.2, 0) is 15.1 Å². The fourth-order valence-corrected chi connectivity index (χ4v) is 2.48. The molecular formula is C8H6ClNO4S. The molecule has 1 saturated heterocycles. The maximum atomic E-state index is 11.1. The Morgan fingerprint density at radius 1 is 1.67 bits per heavy atom. The molecule has 2 rings (SSSR count). The van der Waals surface area contributed by atoms with Crippen molar-refractivity contribution in [3.8, 4) is 0 Å². The Balaban J connectivity index is 2.44. The van der Waals surface area contributed by atoms with Gasteiger partial charge in [-0.3, -0.25) is 0 Å². The van der Waals surface area contributed by atoms with Gasteiger partial charge < -0.3 is 15.2 Å². The van der Waals surface area contributed by atoms with E-state index in [0.29, 0.717) is 9.21 Å². The van der Waals surface area contributed by atoms with E-state index in [9.17, 15) is 9.59 Å². The highest BCUT2D eigenvalue weighted by atomic mass is 35.5. The number of cyclic esters (lactones) is 1. The number of carbonyl (C=O) groups excluding carboxylic acids is 1. The minimum Gasteiger partial charge on any atom is -0.478 e. The summed E-state index contributed by atoms with van der Waals surface area (Å²) in [4.78, 5) is 22.4. The predicted octanol–water partition coefficient (Wildman–Crippen LogP) is 1.42. The minimum absolute atomic E-state index is 0.0853. The molecule has 1 unspecified atom stereocenters. The van der Waals surface area contributed by atoms with Gasteiger partial charge in [-0.05, 0) is 12.1 Å². The van der Waals surface area contributed by atoms with Crippen LogP contribution < -0.4 is 5.32 Å². The Morgan fingerprint density at radius 3 is 2.80 bits per heavy atom. The number of thiophene rings is 1. The van der Waals surface area contributed by atoms with E-state index in [2.05, 4.69) is 5.32 Å². The highest BCUT2D eigenvalue weighted by Crippen LogP contribution is 2.36. The van der Waals surface area contributed by atoms with Crippen molar-refractivity contribution in [1.29, 1.82) is 0 Å². The maximum Gasteiger partial charge on any atom is 0.408 e. The van der Waals surface area contributed by atoms with E-state index in [4.69, 9.17) is 21.4 Å². The monoisotopic (exact) mass is 247 g/mol. The van der Waals surface area contributed by atoms with Crippen molar-refractivity contribution in [2.45, 2.75) is 5.60 Å². The number of ether oxygens (including phenoxy) is 1. The van der Waals surface area contributed by atoms with Crippen LogP contribution in [0.1, 0.15) is 4.88 Å². The third-order valence-electron chi connectivity index (χ3n) is 2.07. The van der Waals surface area contributed by atoms with Gasteiger partial charge in [-0.15, -0.1) is 11.3 Å². The molecule has 1 fully saturated rings. The van der Waals surface area contributed by atoms with E-state index in [1.807, 2.05) is 0 Å². The molecule has 1 aromatic heterocycles. The lowest BCUT2D eigenvalue weighted by Crippen LogP contribution is -2.38. The number of hydrogen-bond acceptors (Lipinski definition) is 4. The third kappa shape index (κ3) is 1.55. The second kappa shape index (κ2) is 3.39. The van der Waals surface area contributed by atoms with Gasteiger partial charge in [-0.2, -0.15) is 0 Å². The molecule has 1 aliphatic rings. The molecule has 0 aromatic carbocycles. The number of aliphatic carboxylic acids is 1. The lowest BCUT2D eigenvalue weighted by Gasteiger charge is -2.19. The molecule has 0 radical (unpaired) electrons. The number of halogens is 1. The van der Waals surface area contributed by atoms with Gasteiger partial charge in [0.05, 0.1) is 15.8 Å². The number of nitrogens with one attached hydrogen (secondary N) is 1. The van der Waals surface area contributed by atoms with E-state index in [-0.39, 0.29) is 6.54 Å². The summed E-state index contributed by atoms with van der Waals surface area (Å²) in [6.07, 6.45) is -0.734. The van der Waals surface area contributed by atoms with Gasteiger partial charge in [0.25, 0.3) is 5.60 Å². The Morgan fingerprint density at radius 2 is 2.40 bits per heavy atom. The van der Waals surface area contributed by atoms with Crippen LogP contribution in [0, 0.1) is 0 Å². The zero-order valence-corrected chi connectivity index (χ0v) is 8.89. The third-order valence-corrected chi connectivity index (χ3v) is 3.44. The lowest BCUT2D eigenvalue weighted by molar-refractivity contribution is -0.155. The number of carbonyl (C=O) groups is 2.